The molecule has 1 aliphatic heterocycles. The number of hydrogen-bond acceptors (Lipinski definition) is 4. The lowest BCUT2D eigenvalue weighted by Crippen LogP contribution is -2.41. The summed E-state index contributed by atoms with van der Waals surface area (Å²) in [7, 11) is 0. The molecule has 6 nitrogen and oxygen atoms in total. The average Bonchev–Trinajstić information content (AvgIpc) is 3.20. The lowest BCUT2D eigenvalue weighted by atomic mass is 10.0. The normalized spacial score (nSPS) is 15.7. The quantitative estimate of drug-likeness (QED) is 0.766. The van der Waals surface area contributed by atoms with E-state index in [0.29, 0.717) is 18.3 Å². The van der Waals surface area contributed by atoms with E-state index in [-0.39, 0.29) is 24.4 Å². The molecule has 154 valence electrons. The van der Waals surface area contributed by atoms with Crippen LogP contribution in [-0.2, 0) is 6.42 Å². The highest BCUT2D eigenvalue weighted by Crippen LogP contribution is 2.19. The molecule has 1 fully saturated rings. The summed E-state index contributed by atoms with van der Waals surface area (Å²) in [6.45, 7) is 8.92. The van der Waals surface area contributed by atoms with Crippen molar-refractivity contribution in [2.24, 2.45) is 0 Å². The molecule has 3 rings (SSSR count). The Morgan fingerprint density at radius 3 is 2.54 bits per heavy atom. The second-order valence-electron chi connectivity index (χ2n) is 7.41. The van der Waals surface area contributed by atoms with E-state index >= 15 is 0 Å². The molecule has 28 heavy (non-hydrogen) atoms. The topological polar surface area (TPSA) is 63.1 Å². The molecule has 7 heteroatoms. The van der Waals surface area contributed by atoms with E-state index in [1.165, 1.54) is 11.1 Å². The van der Waals surface area contributed by atoms with Gasteiger partial charge in [0, 0.05) is 12.6 Å². The van der Waals surface area contributed by atoms with Crippen LogP contribution in [0, 0.1) is 6.92 Å². The molecule has 0 spiro atoms. The van der Waals surface area contributed by atoms with Crippen molar-refractivity contribution in [1.29, 1.82) is 0 Å². The third-order valence-corrected chi connectivity index (χ3v) is 5.52. The van der Waals surface area contributed by atoms with E-state index in [1.54, 1.807) is 0 Å². The van der Waals surface area contributed by atoms with Gasteiger partial charge in [-0.15, -0.1) is 17.5 Å². The molecular formula is C21H32ClN5O. The van der Waals surface area contributed by atoms with Gasteiger partial charge in [-0.3, -0.25) is 4.79 Å². The summed E-state index contributed by atoms with van der Waals surface area (Å²) in [4.78, 5) is 15.1. The van der Waals surface area contributed by atoms with Gasteiger partial charge in [-0.1, -0.05) is 42.0 Å². The number of nitrogens with zero attached hydrogens (tertiary/aromatic N) is 4. The first-order valence-electron chi connectivity index (χ1n) is 10.1. The van der Waals surface area contributed by atoms with Crippen LogP contribution in [0.3, 0.4) is 0 Å². The number of rotatable bonds is 7. The molecule has 1 unspecified atom stereocenters. The van der Waals surface area contributed by atoms with Crippen LogP contribution < -0.4 is 5.32 Å². The molecule has 1 N–H and O–H groups in total. The number of hydrogen-bond donors (Lipinski definition) is 1. The van der Waals surface area contributed by atoms with E-state index in [0.717, 1.165) is 38.8 Å². The van der Waals surface area contributed by atoms with Crippen LogP contribution in [-0.4, -0.2) is 51.5 Å². The van der Waals surface area contributed by atoms with E-state index < -0.39 is 0 Å². The van der Waals surface area contributed by atoms with Crippen molar-refractivity contribution in [3.8, 4) is 0 Å². The number of amides is 1. The molecule has 0 radical (unpaired) electrons. The van der Waals surface area contributed by atoms with Crippen LogP contribution in [0.2, 0.25) is 0 Å². The van der Waals surface area contributed by atoms with E-state index in [1.807, 2.05) is 22.7 Å². The zero-order valence-corrected chi connectivity index (χ0v) is 17.9. The van der Waals surface area contributed by atoms with E-state index in [4.69, 9.17) is 0 Å². The molecule has 1 aromatic carbocycles. The zero-order chi connectivity index (χ0) is 19.2. The van der Waals surface area contributed by atoms with Crippen molar-refractivity contribution in [2.45, 2.75) is 58.5 Å². The molecule has 0 bridgehead atoms. The van der Waals surface area contributed by atoms with Crippen LogP contribution in [0.1, 0.15) is 60.8 Å². The van der Waals surface area contributed by atoms with Gasteiger partial charge in [0.05, 0.1) is 12.2 Å². The second-order valence-corrected chi connectivity index (χ2v) is 7.41. The Balaban J connectivity index is 0.00000280. The summed E-state index contributed by atoms with van der Waals surface area (Å²) in [5, 5.41) is 11.8. The van der Waals surface area contributed by atoms with E-state index in [9.17, 15) is 4.79 Å². The standard InChI is InChI=1S/C21H31N5O.ClH/c1-4-18(14-17-8-6-16(3)7-9-17)25(5-2)21(27)20-15-26(24-23-20)19-10-12-22-13-11-19;/h6-9,15,18-19,22H,4-5,10-14H2,1-3H3;1H. The van der Waals surface area contributed by atoms with Crippen molar-refractivity contribution in [3.05, 3.63) is 47.3 Å². The van der Waals surface area contributed by atoms with Gasteiger partial charge in [-0.25, -0.2) is 4.68 Å². The third-order valence-electron chi connectivity index (χ3n) is 5.52. The summed E-state index contributed by atoms with van der Waals surface area (Å²) >= 11 is 0. The summed E-state index contributed by atoms with van der Waals surface area (Å²) in [5.74, 6) is -0.0170. The summed E-state index contributed by atoms with van der Waals surface area (Å²) in [6, 6.07) is 9.07. The Hall–Kier alpha value is -1.92. The monoisotopic (exact) mass is 405 g/mol. The number of nitrogens with one attached hydrogen (secondary N) is 1. The first-order valence-corrected chi connectivity index (χ1v) is 10.1. The van der Waals surface area contributed by atoms with Gasteiger partial charge < -0.3 is 10.2 Å². The highest BCUT2D eigenvalue weighted by molar-refractivity contribution is 5.92. The predicted octanol–water partition coefficient (Wildman–Crippen LogP) is 3.42. The molecule has 1 amide bonds. The molecule has 0 aliphatic carbocycles. The number of likely N-dealkylation sites (N-methyl/N-ethyl adjacent to an activating group) is 1. The molecule has 1 aliphatic rings. The Bertz CT molecular complexity index is 740. The van der Waals surface area contributed by atoms with Crippen molar-refractivity contribution >= 4 is 18.3 Å². The molecule has 2 aromatic rings. The van der Waals surface area contributed by atoms with Crippen LogP contribution in [0.25, 0.3) is 0 Å². The fourth-order valence-electron chi connectivity index (χ4n) is 3.81. The number of aryl methyl sites for hydroxylation is 1. The van der Waals surface area contributed by atoms with Crippen LogP contribution >= 0.6 is 12.4 Å². The minimum absolute atomic E-state index is 0. The predicted molar refractivity (Wildman–Crippen MR) is 114 cm³/mol. The first kappa shape index (κ1) is 22.4. The van der Waals surface area contributed by atoms with E-state index in [2.05, 4.69) is 53.7 Å². The molecular weight excluding hydrogens is 374 g/mol. The number of carbonyl (C=O) groups excluding carboxylic acids is 1. The average molecular weight is 406 g/mol. The number of piperidine rings is 1. The van der Waals surface area contributed by atoms with Crippen molar-refractivity contribution in [3.63, 3.8) is 0 Å². The van der Waals surface area contributed by atoms with Gasteiger partial charge in [0.15, 0.2) is 5.69 Å². The maximum absolute atomic E-state index is 13.1. The lowest BCUT2D eigenvalue weighted by molar-refractivity contribution is 0.0678. The highest BCUT2D eigenvalue weighted by Gasteiger charge is 2.26. The smallest absolute Gasteiger partial charge is 0.276 e. The minimum atomic E-state index is -0.0170. The van der Waals surface area contributed by atoms with Crippen molar-refractivity contribution in [1.82, 2.24) is 25.2 Å². The molecule has 1 aromatic heterocycles. The fourth-order valence-corrected chi connectivity index (χ4v) is 3.81. The Morgan fingerprint density at radius 1 is 1.25 bits per heavy atom. The number of benzene rings is 1. The SMILES string of the molecule is CCC(Cc1ccc(C)cc1)N(CC)C(=O)c1cn(C2CCNCC2)nn1.Cl. The van der Waals surface area contributed by atoms with Crippen molar-refractivity contribution < 1.29 is 4.79 Å². The highest BCUT2D eigenvalue weighted by atomic mass is 35.5. The minimum Gasteiger partial charge on any atom is -0.334 e. The van der Waals surface area contributed by atoms with Gasteiger partial charge in [-0.05, 0) is 58.2 Å². The number of carbonyl (C=O) groups is 1. The van der Waals surface area contributed by atoms with Gasteiger partial charge in [-0.2, -0.15) is 0 Å². The van der Waals surface area contributed by atoms with Gasteiger partial charge in [0.1, 0.15) is 0 Å². The largest absolute Gasteiger partial charge is 0.334 e. The van der Waals surface area contributed by atoms with Crippen LogP contribution in [0.15, 0.2) is 30.5 Å². The van der Waals surface area contributed by atoms with Gasteiger partial charge in [0.2, 0.25) is 0 Å². The van der Waals surface area contributed by atoms with Crippen LogP contribution in [0.5, 0.6) is 0 Å². The molecule has 1 atom stereocenters. The first-order chi connectivity index (χ1) is 13.1. The Kier molecular flexibility index (Phi) is 8.45. The van der Waals surface area contributed by atoms with Gasteiger partial charge >= 0.3 is 0 Å². The number of aromatic nitrogens is 3. The Morgan fingerprint density at radius 2 is 1.93 bits per heavy atom. The molecule has 2 heterocycles. The summed E-state index contributed by atoms with van der Waals surface area (Å²) < 4.78 is 1.88. The molecule has 0 saturated carbocycles. The Labute approximate surface area is 174 Å². The number of halogens is 1. The second kappa shape index (κ2) is 10.6. The van der Waals surface area contributed by atoms with Gasteiger partial charge in [0.25, 0.3) is 5.91 Å². The lowest BCUT2D eigenvalue weighted by Gasteiger charge is -2.29. The maximum Gasteiger partial charge on any atom is 0.276 e. The van der Waals surface area contributed by atoms with Crippen molar-refractivity contribution in [2.75, 3.05) is 19.6 Å². The maximum atomic E-state index is 13.1. The van der Waals surface area contributed by atoms with Crippen LogP contribution in [0.4, 0.5) is 0 Å². The molecule has 1 saturated heterocycles. The third kappa shape index (κ3) is 5.32. The fraction of sp³-hybridized carbons (Fsp3) is 0.571. The zero-order valence-electron chi connectivity index (χ0n) is 17.1. The summed E-state index contributed by atoms with van der Waals surface area (Å²) in [5.41, 5.74) is 2.97. The summed E-state index contributed by atoms with van der Waals surface area (Å²) in [6.07, 6.45) is 5.66.